The van der Waals surface area contributed by atoms with Crippen LogP contribution in [0.5, 0.6) is 5.75 Å². The summed E-state index contributed by atoms with van der Waals surface area (Å²) in [7, 11) is 1.56. The van der Waals surface area contributed by atoms with Crippen LogP contribution in [0.15, 0.2) is 84.7 Å². The number of aromatic nitrogens is 1. The molecular weight excluding hydrogens is 366 g/mol. The highest BCUT2D eigenvalue weighted by Gasteiger charge is 2.39. The molecule has 0 fully saturated rings. The quantitative estimate of drug-likeness (QED) is 0.658. The van der Waals surface area contributed by atoms with E-state index in [0.717, 1.165) is 0 Å². The van der Waals surface area contributed by atoms with Crippen molar-refractivity contribution < 1.29 is 14.3 Å². The maximum absolute atomic E-state index is 13.2. The SMILES string of the molecule is COc1ccccc1NC1=C(c2ccccc2)C(=O)N(Cc2ccccn2)C1=O. The van der Waals surface area contributed by atoms with Gasteiger partial charge in [-0.05, 0) is 29.8 Å². The molecule has 0 atom stereocenters. The number of carbonyl (C=O) groups is 2. The van der Waals surface area contributed by atoms with Crippen LogP contribution in [0.1, 0.15) is 11.3 Å². The van der Waals surface area contributed by atoms with E-state index in [-0.39, 0.29) is 18.1 Å². The maximum atomic E-state index is 13.2. The van der Waals surface area contributed by atoms with Gasteiger partial charge in [0.15, 0.2) is 0 Å². The number of pyridine rings is 1. The Morgan fingerprint density at radius 2 is 1.62 bits per heavy atom. The zero-order valence-corrected chi connectivity index (χ0v) is 15.8. The monoisotopic (exact) mass is 385 g/mol. The molecular formula is C23H19N3O3. The Bertz CT molecular complexity index is 1080. The van der Waals surface area contributed by atoms with E-state index >= 15 is 0 Å². The summed E-state index contributed by atoms with van der Waals surface area (Å²) in [6, 6.07) is 21.8. The highest BCUT2D eigenvalue weighted by atomic mass is 16.5. The molecule has 29 heavy (non-hydrogen) atoms. The summed E-state index contributed by atoms with van der Waals surface area (Å²) in [6.45, 7) is 0.103. The summed E-state index contributed by atoms with van der Waals surface area (Å²) < 4.78 is 5.38. The summed E-state index contributed by atoms with van der Waals surface area (Å²) in [4.78, 5) is 31.9. The van der Waals surface area contributed by atoms with Crippen LogP contribution in [0.25, 0.3) is 5.57 Å². The number of rotatable bonds is 6. The average molecular weight is 385 g/mol. The van der Waals surface area contributed by atoms with Gasteiger partial charge in [0, 0.05) is 6.20 Å². The van der Waals surface area contributed by atoms with Gasteiger partial charge >= 0.3 is 0 Å². The molecule has 2 aromatic carbocycles. The molecule has 6 heteroatoms. The Morgan fingerprint density at radius 3 is 2.34 bits per heavy atom. The van der Waals surface area contributed by atoms with E-state index in [1.54, 1.807) is 37.6 Å². The van der Waals surface area contributed by atoms with Crippen molar-refractivity contribution in [3.8, 4) is 5.75 Å². The molecule has 1 aliphatic rings. The fraction of sp³-hybridized carbons (Fsp3) is 0.0870. The van der Waals surface area contributed by atoms with Crippen LogP contribution < -0.4 is 10.1 Å². The fourth-order valence-corrected chi connectivity index (χ4v) is 3.24. The number of hydrogen-bond donors (Lipinski definition) is 1. The normalized spacial score (nSPS) is 13.8. The van der Waals surface area contributed by atoms with Gasteiger partial charge in [0.2, 0.25) is 0 Å². The molecule has 6 nitrogen and oxygen atoms in total. The summed E-state index contributed by atoms with van der Waals surface area (Å²) in [5.74, 6) is -0.175. The maximum Gasteiger partial charge on any atom is 0.278 e. The Kier molecular flexibility index (Phi) is 5.07. The number of imide groups is 1. The van der Waals surface area contributed by atoms with Crippen LogP contribution in [0, 0.1) is 0 Å². The largest absolute Gasteiger partial charge is 0.495 e. The first-order chi connectivity index (χ1) is 14.2. The third-order valence-electron chi connectivity index (χ3n) is 4.64. The minimum atomic E-state index is -0.398. The lowest BCUT2D eigenvalue weighted by atomic mass is 10.0. The number of ether oxygens (including phenoxy) is 1. The lowest BCUT2D eigenvalue weighted by molar-refractivity contribution is -0.137. The van der Waals surface area contributed by atoms with Gasteiger partial charge in [-0.25, -0.2) is 0 Å². The van der Waals surface area contributed by atoms with Crippen molar-refractivity contribution in [1.82, 2.24) is 9.88 Å². The van der Waals surface area contributed by atoms with Crippen molar-refractivity contribution in [1.29, 1.82) is 0 Å². The zero-order valence-electron chi connectivity index (χ0n) is 15.8. The zero-order chi connectivity index (χ0) is 20.2. The molecule has 0 spiro atoms. The molecule has 0 bridgehead atoms. The highest BCUT2D eigenvalue weighted by Crippen LogP contribution is 2.33. The molecule has 1 aliphatic heterocycles. The van der Waals surface area contributed by atoms with E-state index in [2.05, 4.69) is 10.3 Å². The minimum Gasteiger partial charge on any atom is -0.495 e. The molecule has 0 aliphatic carbocycles. The lowest BCUT2D eigenvalue weighted by Gasteiger charge is -2.15. The number of para-hydroxylation sites is 2. The number of nitrogens with zero attached hydrogens (tertiary/aromatic N) is 2. The third-order valence-corrected chi connectivity index (χ3v) is 4.64. The van der Waals surface area contributed by atoms with Gasteiger partial charge in [-0.3, -0.25) is 19.5 Å². The van der Waals surface area contributed by atoms with Crippen molar-refractivity contribution in [2.24, 2.45) is 0 Å². The predicted molar refractivity (Wildman–Crippen MR) is 110 cm³/mol. The topological polar surface area (TPSA) is 71.5 Å². The van der Waals surface area contributed by atoms with Crippen LogP contribution >= 0.6 is 0 Å². The van der Waals surface area contributed by atoms with Crippen molar-refractivity contribution in [3.63, 3.8) is 0 Å². The molecule has 0 unspecified atom stereocenters. The summed E-state index contributed by atoms with van der Waals surface area (Å²) >= 11 is 0. The molecule has 4 rings (SSSR count). The minimum absolute atomic E-state index is 0.103. The Hall–Kier alpha value is -3.93. The number of benzene rings is 2. The van der Waals surface area contributed by atoms with Crippen LogP contribution in [-0.4, -0.2) is 28.8 Å². The number of nitrogens with one attached hydrogen (secondary N) is 1. The fourth-order valence-electron chi connectivity index (χ4n) is 3.24. The van der Waals surface area contributed by atoms with Crippen LogP contribution in [-0.2, 0) is 16.1 Å². The molecule has 1 aromatic heterocycles. The smallest absolute Gasteiger partial charge is 0.278 e. The third kappa shape index (κ3) is 3.60. The van der Waals surface area contributed by atoms with Gasteiger partial charge in [0.05, 0.1) is 30.6 Å². The summed E-state index contributed by atoms with van der Waals surface area (Å²) in [5.41, 5.74) is 2.48. The van der Waals surface area contributed by atoms with Gasteiger partial charge in [-0.15, -0.1) is 0 Å². The predicted octanol–water partition coefficient (Wildman–Crippen LogP) is 3.48. The molecule has 3 aromatic rings. The van der Waals surface area contributed by atoms with E-state index < -0.39 is 5.91 Å². The first kappa shape index (κ1) is 18.4. The van der Waals surface area contributed by atoms with Crippen molar-refractivity contribution in [2.45, 2.75) is 6.54 Å². The molecule has 2 heterocycles. The number of anilines is 1. The molecule has 144 valence electrons. The molecule has 0 saturated heterocycles. The molecule has 1 N–H and O–H groups in total. The second-order valence-electron chi connectivity index (χ2n) is 6.46. The molecule has 2 amide bonds. The number of carbonyl (C=O) groups excluding carboxylic acids is 2. The van der Waals surface area contributed by atoms with Crippen molar-refractivity contribution in [3.05, 3.63) is 95.9 Å². The van der Waals surface area contributed by atoms with Gasteiger partial charge < -0.3 is 10.1 Å². The van der Waals surface area contributed by atoms with Crippen LogP contribution in [0.4, 0.5) is 5.69 Å². The van der Waals surface area contributed by atoms with Gasteiger partial charge in [0.1, 0.15) is 11.4 Å². The van der Waals surface area contributed by atoms with Gasteiger partial charge in [0.25, 0.3) is 11.8 Å². The second-order valence-corrected chi connectivity index (χ2v) is 6.46. The van der Waals surface area contributed by atoms with E-state index in [1.165, 1.54) is 4.90 Å². The van der Waals surface area contributed by atoms with E-state index in [4.69, 9.17) is 4.74 Å². The van der Waals surface area contributed by atoms with E-state index in [0.29, 0.717) is 28.3 Å². The Labute approximate surface area is 168 Å². The Morgan fingerprint density at radius 1 is 0.897 bits per heavy atom. The highest BCUT2D eigenvalue weighted by molar-refractivity contribution is 6.36. The van der Waals surface area contributed by atoms with Crippen molar-refractivity contribution >= 4 is 23.1 Å². The summed E-state index contributed by atoms with van der Waals surface area (Å²) in [6.07, 6.45) is 1.64. The Balaban J connectivity index is 1.75. The van der Waals surface area contributed by atoms with Crippen LogP contribution in [0.3, 0.4) is 0 Å². The van der Waals surface area contributed by atoms with E-state index in [9.17, 15) is 9.59 Å². The van der Waals surface area contributed by atoms with Gasteiger partial charge in [-0.1, -0.05) is 48.5 Å². The molecule has 0 radical (unpaired) electrons. The first-order valence-electron chi connectivity index (χ1n) is 9.15. The number of methoxy groups -OCH3 is 1. The summed E-state index contributed by atoms with van der Waals surface area (Å²) in [5, 5.41) is 3.13. The van der Waals surface area contributed by atoms with Crippen molar-refractivity contribution in [2.75, 3.05) is 12.4 Å². The standard InChI is InChI=1S/C23H19N3O3/c1-29-19-13-6-5-12-18(19)25-21-20(16-9-3-2-4-10-16)22(27)26(23(21)28)15-17-11-7-8-14-24-17/h2-14,25H,15H2,1H3. The average Bonchev–Trinajstić information content (AvgIpc) is 3.00. The van der Waals surface area contributed by atoms with Gasteiger partial charge in [-0.2, -0.15) is 0 Å². The van der Waals surface area contributed by atoms with Crippen LogP contribution in [0.2, 0.25) is 0 Å². The van der Waals surface area contributed by atoms with E-state index in [1.807, 2.05) is 48.5 Å². The number of amides is 2. The first-order valence-corrected chi connectivity index (χ1v) is 9.15. The second kappa shape index (κ2) is 7.98. The lowest BCUT2D eigenvalue weighted by Crippen LogP contribution is -2.32. The number of hydrogen-bond acceptors (Lipinski definition) is 5. The molecule has 0 saturated carbocycles.